The molecule has 0 aliphatic heterocycles. The highest BCUT2D eigenvalue weighted by Crippen LogP contribution is 2.26. The standard InChI is InChI=1S/C15H17N3O3S/c1-3-5-14(19)17-15-16-10(2)13(22-15)9-11-6-4-7-12(8-11)18(20)21/h4,6-8H,3,5,9H2,1-2H3,(H,16,17,19). The molecule has 0 bridgehead atoms. The van der Waals surface area contributed by atoms with Crippen molar-refractivity contribution in [2.24, 2.45) is 0 Å². The number of hydrogen-bond acceptors (Lipinski definition) is 5. The van der Waals surface area contributed by atoms with E-state index in [9.17, 15) is 14.9 Å². The number of carbonyl (C=O) groups excluding carboxylic acids is 1. The summed E-state index contributed by atoms with van der Waals surface area (Å²) >= 11 is 1.41. The van der Waals surface area contributed by atoms with Gasteiger partial charge in [-0.15, -0.1) is 11.3 Å². The van der Waals surface area contributed by atoms with Gasteiger partial charge in [-0.1, -0.05) is 19.1 Å². The molecule has 1 amide bonds. The topological polar surface area (TPSA) is 85.1 Å². The van der Waals surface area contributed by atoms with Gasteiger partial charge in [0.15, 0.2) is 5.13 Å². The van der Waals surface area contributed by atoms with Crippen LogP contribution in [0.2, 0.25) is 0 Å². The Bertz CT molecular complexity index is 697. The number of rotatable bonds is 6. The van der Waals surface area contributed by atoms with Gasteiger partial charge in [-0.05, 0) is 18.9 Å². The van der Waals surface area contributed by atoms with E-state index >= 15 is 0 Å². The second-order valence-corrected chi connectivity index (χ2v) is 6.01. The molecule has 22 heavy (non-hydrogen) atoms. The zero-order valence-corrected chi connectivity index (χ0v) is 13.3. The number of nitro benzene ring substituents is 1. The SMILES string of the molecule is CCCC(=O)Nc1nc(C)c(Cc2cccc([N+](=O)[O-])c2)s1. The van der Waals surface area contributed by atoms with E-state index in [0.29, 0.717) is 18.0 Å². The zero-order valence-electron chi connectivity index (χ0n) is 12.5. The highest BCUT2D eigenvalue weighted by Gasteiger charge is 2.12. The quantitative estimate of drug-likeness (QED) is 0.650. The van der Waals surface area contributed by atoms with Crippen molar-refractivity contribution in [1.29, 1.82) is 0 Å². The van der Waals surface area contributed by atoms with Gasteiger partial charge in [0, 0.05) is 29.9 Å². The average Bonchev–Trinajstić information content (AvgIpc) is 2.79. The number of nitrogens with one attached hydrogen (secondary N) is 1. The van der Waals surface area contributed by atoms with Gasteiger partial charge in [0.2, 0.25) is 5.91 Å². The predicted octanol–water partition coefficient (Wildman–Crippen LogP) is 3.69. The van der Waals surface area contributed by atoms with Crippen molar-refractivity contribution in [1.82, 2.24) is 4.98 Å². The van der Waals surface area contributed by atoms with Crippen LogP contribution in [-0.4, -0.2) is 15.8 Å². The number of anilines is 1. The molecule has 1 aromatic heterocycles. The van der Waals surface area contributed by atoms with E-state index in [2.05, 4.69) is 10.3 Å². The number of non-ortho nitro benzene ring substituents is 1. The molecule has 0 radical (unpaired) electrons. The summed E-state index contributed by atoms with van der Waals surface area (Å²) in [7, 11) is 0. The third kappa shape index (κ3) is 4.11. The van der Waals surface area contributed by atoms with Crippen molar-refractivity contribution in [2.75, 3.05) is 5.32 Å². The average molecular weight is 319 g/mol. The van der Waals surface area contributed by atoms with E-state index in [4.69, 9.17) is 0 Å². The lowest BCUT2D eigenvalue weighted by Gasteiger charge is -2.00. The van der Waals surface area contributed by atoms with Crippen molar-refractivity contribution >= 4 is 28.1 Å². The van der Waals surface area contributed by atoms with Crippen LogP contribution >= 0.6 is 11.3 Å². The molecule has 2 aromatic rings. The van der Waals surface area contributed by atoms with Crippen molar-refractivity contribution in [3.63, 3.8) is 0 Å². The lowest BCUT2D eigenvalue weighted by molar-refractivity contribution is -0.384. The highest BCUT2D eigenvalue weighted by molar-refractivity contribution is 7.15. The minimum Gasteiger partial charge on any atom is -0.302 e. The molecule has 0 aliphatic carbocycles. The summed E-state index contributed by atoms with van der Waals surface area (Å²) in [6.45, 7) is 3.82. The molecule has 116 valence electrons. The largest absolute Gasteiger partial charge is 0.302 e. The highest BCUT2D eigenvalue weighted by atomic mass is 32.1. The number of nitrogens with zero attached hydrogens (tertiary/aromatic N) is 2. The van der Waals surface area contributed by atoms with Crippen LogP contribution in [0.3, 0.4) is 0 Å². The van der Waals surface area contributed by atoms with Crippen molar-refractivity contribution in [2.45, 2.75) is 33.1 Å². The van der Waals surface area contributed by atoms with E-state index in [-0.39, 0.29) is 11.6 Å². The number of thiazole rings is 1. The van der Waals surface area contributed by atoms with Gasteiger partial charge >= 0.3 is 0 Å². The van der Waals surface area contributed by atoms with Gasteiger partial charge in [-0.2, -0.15) is 0 Å². The molecule has 0 spiro atoms. The number of benzene rings is 1. The second-order valence-electron chi connectivity index (χ2n) is 4.93. The Morgan fingerprint density at radius 2 is 2.23 bits per heavy atom. The van der Waals surface area contributed by atoms with Crippen LogP contribution in [0, 0.1) is 17.0 Å². The van der Waals surface area contributed by atoms with E-state index in [1.54, 1.807) is 12.1 Å². The maximum absolute atomic E-state index is 11.6. The van der Waals surface area contributed by atoms with Gasteiger partial charge in [0.05, 0.1) is 10.6 Å². The molecule has 7 heteroatoms. The smallest absolute Gasteiger partial charge is 0.269 e. The Morgan fingerprint density at radius 1 is 1.45 bits per heavy atom. The van der Waals surface area contributed by atoms with Crippen molar-refractivity contribution in [3.8, 4) is 0 Å². The number of aromatic nitrogens is 1. The molecular weight excluding hydrogens is 302 g/mol. The van der Waals surface area contributed by atoms with Crippen LogP contribution in [0.15, 0.2) is 24.3 Å². The summed E-state index contributed by atoms with van der Waals surface area (Å²) < 4.78 is 0. The van der Waals surface area contributed by atoms with Crippen LogP contribution in [-0.2, 0) is 11.2 Å². The Hall–Kier alpha value is -2.28. The molecule has 1 heterocycles. The van der Waals surface area contributed by atoms with E-state index in [0.717, 1.165) is 22.6 Å². The summed E-state index contributed by atoms with van der Waals surface area (Å²) in [6, 6.07) is 6.56. The fourth-order valence-corrected chi connectivity index (χ4v) is 3.03. The number of aryl methyl sites for hydroxylation is 1. The Balaban J connectivity index is 2.13. The van der Waals surface area contributed by atoms with Crippen LogP contribution in [0.1, 0.15) is 35.9 Å². The second kappa shape index (κ2) is 7.13. The first kappa shape index (κ1) is 16.1. The monoisotopic (exact) mass is 319 g/mol. The number of nitro groups is 1. The Morgan fingerprint density at radius 3 is 2.91 bits per heavy atom. The number of carbonyl (C=O) groups is 1. The molecule has 0 unspecified atom stereocenters. The molecular formula is C15H17N3O3S. The Kier molecular flexibility index (Phi) is 5.21. The first-order valence-electron chi connectivity index (χ1n) is 6.99. The van der Waals surface area contributed by atoms with Gasteiger partial charge in [0.25, 0.3) is 5.69 Å². The zero-order chi connectivity index (χ0) is 16.1. The van der Waals surface area contributed by atoms with Crippen molar-refractivity contribution < 1.29 is 9.72 Å². The van der Waals surface area contributed by atoms with E-state index in [1.807, 2.05) is 19.9 Å². The summed E-state index contributed by atoms with van der Waals surface area (Å²) in [4.78, 5) is 27.3. The summed E-state index contributed by atoms with van der Waals surface area (Å²) in [6.07, 6.45) is 1.82. The summed E-state index contributed by atoms with van der Waals surface area (Å²) in [5.74, 6) is -0.0434. The van der Waals surface area contributed by atoms with Crippen LogP contribution in [0.5, 0.6) is 0 Å². The molecule has 6 nitrogen and oxygen atoms in total. The molecule has 0 saturated heterocycles. The van der Waals surface area contributed by atoms with Gasteiger partial charge in [-0.25, -0.2) is 4.98 Å². The molecule has 0 aliphatic rings. The molecule has 0 atom stereocenters. The lowest BCUT2D eigenvalue weighted by Crippen LogP contribution is -2.10. The lowest BCUT2D eigenvalue weighted by atomic mass is 10.1. The van der Waals surface area contributed by atoms with E-state index in [1.165, 1.54) is 17.4 Å². The number of amides is 1. The van der Waals surface area contributed by atoms with Crippen LogP contribution in [0.25, 0.3) is 0 Å². The van der Waals surface area contributed by atoms with Gasteiger partial charge < -0.3 is 5.32 Å². The minimum absolute atomic E-state index is 0.0434. The molecule has 2 rings (SSSR count). The molecule has 0 fully saturated rings. The normalized spacial score (nSPS) is 10.5. The Labute approximate surface area is 132 Å². The molecule has 0 saturated carbocycles. The number of hydrogen-bond donors (Lipinski definition) is 1. The summed E-state index contributed by atoms with van der Waals surface area (Å²) in [5, 5.41) is 14.2. The molecule has 1 aromatic carbocycles. The third-order valence-corrected chi connectivity index (χ3v) is 4.17. The first-order valence-corrected chi connectivity index (χ1v) is 7.80. The van der Waals surface area contributed by atoms with Crippen LogP contribution in [0.4, 0.5) is 10.8 Å². The third-order valence-electron chi connectivity index (χ3n) is 3.10. The van der Waals surface area contributed by atoms with E-state index < -0.39 is 4.92 Å². The van der Waals surface area contributed by atoms with Gasteiger partial charge in [-0.3, -0.25) is 14.9 Å². The van der Waals surface area contributed by atoms with Crippen molar-refractivity contribution in [3.05, 3.63) is 50.5 Å². The van der Waals surface area contributed by atoms with Crippen LogP contribution < -0.4 is 5.32 Å². The maximum atomic E-state index is 11.6. The minimum atomic E-state index is -0.403. The predicted molar refractivity (Wildman–Crippen MR) is 86.3 cm³/mol. The maximum Gasteiger partial charge on any atom is 0.269 e. The molecule has 1 N–H and O–H groups in total. The fourth-order valence-electron chi connectivity index (χ4n) is 2.02. The van der Waals surface area contributed by atoms with Gasteiger partial charge in [0.1, 0.15) is 0 Å². The first-order chi connectivity index (χ1) is 10.5. The summed E-state index contributed by atoms with van der Waals surface area (Å²) in [5.41, 5.74) is 1.77. The fraction of sp³-hybridized carbons (Fsp3) is 0.333.